The zero-order valence-electron chi connectivity index (χ0n) is 12.1. The molecule has 19 heavy (non-hydrogen) atoms. The van der Waals surface area contributed by atoms with Gasteiger partial charge in [0, 0.05) is 17.5 Å². The minimum Gasteiger partial charge on any atom is -0.360 e. The van der Waals surface area contributed by atoms with Crippen LogP contribution in [0.1, 0.15) is 44.9 Å². The van der Waals surface area contributed by atoms with E-state index in [4.69, 9.17) is 4.99 Å². The van der Waals surface area contributed by atoms with Crippen molar-refractivity contribution >= 4 is 16.9 Å². The average Bonchev–Trinajstić information content (AvgIpc) is 2.45. The van der Waals surface area contributed by atoms with Gasteiger partial charge in [0.05, 0.1) is 12.2 Å². The number of rotatable bonds is 4. The fourth-order valence-electron chi connectivity index (χ4n) is 2.16. The Bertz CT molecular complexity index is 458. The first kappa shape index (κ1) is 14.4. The Hall–Kier alpha value is -1.03. The van der Waals surface area contributed by atoms with Gasteiger partial charge in [-0.25, -0.2) is 0 Å². The van der Waals surface area contributed by atoms with Gasteiger partial charge in [0.25, 0.3) is 0 Å². The topological polar surface area (TPSA) is 37.3 Å². The molecule has 1 fully saturated rings. The molecule has 1 N–H and O–H groups in total. The standard InChI is InChI=1S/C15H23N3S/c1-4-12-7-6-9-16-13(12)11-17-14-18-15(3,5-2)8-10-19-14/h6-7,9H,4-5,8,10-11H2,1-3H3,(H,17,18). The number of nitrogens with one attached hydrogen (secondary N) is 1. The number of pyridine rings is 1. The number of nitrogens with zero attached hydrogens (tertiary/aromatic N) is 2. The molecule has 104 valence electrons. The molecule has 1 atom stereocenters. The molecule has 4 heteroatoms. The molecule has 0 spiro atoms. The smallest absolute Gasteiger partial charge is 0.157 e. The lowest BCUT2D eigenvalue weighted by atomic mass is 9.96. The molecule has 1 aliphatic heterocycles. The molecule has 2 rings (SSSR count). The van der Waals surface area contributed by atoms with E-state index in [0.717, 1.165) is 29.5 Å². The molecule has 1 aromatic heterocycles. The van der Waals surface area contributed by atoms with Crippen LogP contribution in [-0.4, -0.2) is 21.4 Å². The first-order chi connectivity index (χ1) is 9.17. The first-order valence-corrected chi connectivity index (χ1v) is 8.03. The lowest BCUT2D eigenvalue weighted by molar-refractivity contribution is 0.390. The summed E-state index contributed by atoms with van der Waals surface area (Å²) in [5, 5.41) is 4.64. The molecule has 0 aliphatic carbocycles. The third-order valence-corrected chi connectivity index (χ3v) is 4.73. The van der Waals surface area contributed by atoms with E-state index >= 15 is 0 Å². The van der Waals surface area contributed by atoms with E-state index in [9.17, 15) is 0 Å². The predicted octanol–water partition coefficient (Wildman–Crippen LogP) is 3.40. The molecule has 0 amide bonds. The van der Waals surface area contributed by atoms with Crippen LogP contribution in [0, 0.1) is 0 Å². The van der Waals surface area contributed by atoms with Gasteiger partial charge >= 0.3 is 0 Å². The zero-order chi connectivity index (χ0) is 13.7. The van der Waals surface area contributed by atoms with E-state index in [2.05, 4.69) is 37.1 Å². The van der Waals surface area contributed by atoms with Crippen molar-refractivity contribution in [2.45, 2.75) is 52.1 Å². The van der Waals surface area contributed by atoms with Crippen molar-refractivity contribution in [3.05, 3.63) is 29.6 Å². The van der Waals surface area contributed by atoms with Crippen LogP contribution in [-0.2, 0) is 13.0 Å². The number of aromatic nitrogens is 1. The number of hydrogen-bond donors (Lipinski definition) is 1. The fourth-order valence-corrected chi connectivity index (χ4v) is 3.38. The van der Waals surface area contributed by atoms with Crippen molar-refractivity contribution in [1.82, 2.24) is 10.3 Å². The van der Waals surface area contributed by atoms with E-state index in [1.807, 2.05) is 24.0 Å². The summed E-state index contributed by atoms with van der Waals surface area (Å²) < 4.78 is 0. The second-order valence-electron chi connectivity index (χ2n) is 5.22. The van der Waals surface area contributed by atoms with Gasteiger partial charge in [0.2, 0.25) is 0 Å². The SMILES string of the molecule is CCc1cccnc1CN=C1NC(C)(CC)CCS1. The number of hydrogen-bond acceptors (Lipinski definition) is 3. The Morgan fingerprint density at radius 3 is 3.05 bits per heavy atom. The minimum atomic E-state index is 0.210. The Kier molecular flexibility index (Phi) is 4.86. The molecule has 2 heterocycles. The van der Waals surface area contributed by atoms with Crippen LogP contribution in [0.25, 0.3) is 0 Å². The highest BCUT2D eigenvalue weighted by atomic mass is 32.2. The van der Waals surface area contributed by atoms with E-state index in [1.165, 1.54) is 12.0 Å². The summed E-state index contributed by atoms with van der Waals surface area (Å²) in [5.74, 6) is 1.15. The Labute approximate surface area is 120 Å². The summed E-state index contributed by atoms with van der Waals surface area (Å²) in [4.78, 5) is 9.16. The number of amidine groups is 1. The molecule has 0 saturated carbocycles. The second kappa shape index (κ2) is 6.42. The van der Waals surface area contributed by atoms with Crippen LogP contribution in [0.5, 0.6) is 0 Å². The summed E-state index contributed by atoms with van der Waals surface area (Å²) in [7, 11) is 0. The molecule has 1 saturated heterocycles. The molecule has 1 aromatic rings. The monoisotopic (exact) mass is 277 g/mol. The minimum absolute atomic E-state index is 0.210. The second-order valence-corrected chi connectivity index (χ2v) is 6.31. The van der Waals surface area contributed by atoms with Crippen LogP contribution in [0.4, 0.5) is 0 Å². The molecular weight excluding hydrogens is 254 g/mol. The lowest BCUT2D eigenvalue weighted by Crippen LogP contribution is -2.48. The summed E-state index contributed by atoms with van der Waals surface area (Å²) >= 11 is 1.82. The summed E-state index contributed by atoms with van der Waals surface area (Å²) in [5.41, 5.74) is 2.61. The van der Waals surface area contributed by atoms with Crippen molar-refractivity contribution in [1.29, 1.82) is 0 Å². The van der Waals surface area contributed by atoms with Gasteiger partial charge in [0.1, 0.15) is 0 Å². The maximum atomic E-state index is 4.71. The van der Waals surface area contributed by atoms with Gasteiger partial charge in [-0.05, 0) is 37.8 Å². The summed E-state index contributed by atoms with van der Waals surface area (Å²) in [6, 6.07) is 4.14. The molecule has 3 nitrogen and oxygen atoms in total. The average molecular weight is 277 g/mol. The third-order valence-electron chi connectivity index (χ3n) is 3.82. The van der Waals surface area contributed by atoms with Crippen molar-refractivity contribution in [3.63, 3.8) is 0 Å². The van der Waals surface area contributed by atoms with Crippen LogP contribution >= 0.6 is 11.8 Å². The summed E-state index contributed by atoms with van der Waals surface area (Å²) in [6.45, 7) is 7.35. The molecule has 1 aliphatic rings. The van der Waals surface area contributed by atoms with E-state index in [0.29, 0.717) is 6.54 Å². The Morgan fingerprint density at radius 2 is 2.32 bits per heavy atom. The van der Waals surface area contributed by atoms with Crippen LogP contribution in [0.3, 0.4) is 0 Å². The van der Waals surface area contributed by atoms with Gasteiger partial charge in [-0.1, -0.05) is 31.7 Å². The predicted molar refractivity (Wildman–Crippen MR) is 83.7 cm³/mol. The Morgan fingerprint density at radius 1 is 1.47 bits per heavy atom. The van der Waals surface area contributed by atoms with E-state index in [-0.39, 0.29) is 5.54 Å². The molecule has 0 radical (unpaired) electrons. The van der Waals surface area contributed by atoms with Crippen LogP contribution in [0.2, 0.25) is 0 Å². The van der Waals surface area contributed by atoms with Gasteiger partial charge in [0.15, 0.2) is 5.17 Å². The van der Waals surface area contributed by atoms with Crippen LogP contribution in [0.15, 0.2) is 23.3 Å². The quantitative estimate of drug-likeness (QED) is 0.916. The Balaban J connectivity index is 2.06. The fraction of sp³-hybridized carbons (Fsp3) is 0.600. The molecule has 0 bridgehead atoms. The van der Waals surface area contributed by atoms with Crippen molar-refractivity contribution < 1.29 is 0 Å². The largest absolute Gasteiger partial charge is 0.360 e. The van der Waals surface area contributed by atoms with Gasteiger partial charge < -0.3 is 5.32 Å². The normalized spacial score (nSPS) is 25.3. The number of aryl methyl sites for hydroxylation is 1. The van der Waals surface area contributed by atoms with Crippen molar-refractivity contribution in [2.75, 3.05) is 5.75 Å². The van der Waals surface area contributed by atoms with Gasteiger partial charge in [-0.3, -0.25) is 9.98 Å². The highest BCUT2D eigenvalue weighted by Crippen LogP contribution is 2.25. The number of aliphatic imine (C=N–C) groups is 1. The highest BCUT2D eigenvalue weighted by Gasteiger charge is 2.27. The van der Waals surface area contributed by atoms with E-state index in [1.54, 1.807) is 0 Å². The van der Waals surface area contributed by atoms with Crippen LogP contribution < -0.4 is 5.32 Å². The van der Waals surface area contributed by atoms with E-state index < -0.39 is 0 Å². The van der Waals surface area contributed by atoms with Crippen molar-refractivity contribution in [3.8, 4) is 0 Å². The van der Waals surface area contributed by atoms with Gasteiger partial charge in [-0.2, -0.15) is 0 Å². The molecule has 1 unspecified atom stereocenters. The maximum absolute atomic E-state index is 4.71. The highest BCUT2D eigenvalue weighted by molar-refractivity contribution is 8.13. The maximum Gasteiger partial charge on any atom is 0.157 e. The first-order valence-electron chi connectivity index (χ1n) is 7.05. The molecule has 0 aromatic carbocycles. The lowest BCUT2D eigenvalue weighted by Gasteiger charge is -2.35. The van der Waals surface area contributed by atoms with Gasteiger partial charge in [-0.15, -0.1) is 0 Å². The third kappa shape index (κ3) is 3.72. The molecular formula is C15H23N3S. The number of thioether (sulfide) groups is 1. The zero-order valence-corrected chi connectivity index (χ0v) is 12.9. The van der Waals surface area contributed by atoms with Crippen molar-refractivity contribution in [2.24, 2.45) is 4.99 Å². The summed E-state index contributed by atoms with van der Waals surface area (Å²) in [6.07, 6.45) is 5.21.